The molecule has 0 amide bonds. The van der Waals surface area contributed by atoms with Crippen molar-refractivity contribution in [2.24, 2.45) is 0 Å². The fraction of sp³-hybridized carbons (Fsp3) is 0.304. The number of sulfonamides is 1. The Bertz CT molecular complexity index is 1210. The van der Waals surface area contributed by atoms with Crippen molar-refractivity contribution >= 4 is 16.0 Å². The molecule has 9 heteroatoms. The molecule has 0 spiro atoms. The van der Waals surface area contributed by atoms with Crippen molar-refractivity contribution in [3.63, 3.8) is 0 Å². The van der Waals surface area contributed by atoms with Gasteiger partial charge in [-0.1, -0.05) is 18.2 Å². The Morgan fingerprint density at radius 1 is 1.12 bits per heavy atom. The van der Waals surface area contributed by atoms with Crippen molar-refractivity contribution in [2.45, 2.75) is 39.8 Å². The molecule has 170 valence electrons. The molecule has 0 atom stereocenters. The number of hydrogen-bond acceptors (Lipinski definition) is 5. The minimum Gasteiger partial charge on any atom is -0.478 e. The van der Waals surface area contributed by atoms with Gasteiger partial charge in [-0.15, -0.1) is 0 Å². The maximum absolute atomic E-state index is 12.1. The molecule has 0 saturated heterocycles. The largest absolute Gasteiger partial charge is 0.478 e. The Morgan fingerprint density at radius 2 is 1.81 bits per heavy atom. The molecule has 0 aliphatic carbocycles. The zero-order valence-electron chi connectivity index (χ0n) is 18.5. The highest BCUT2D eigenvalue weighted by atomic mass is 32.2. The summed E-state index contributed by atoms with van der Waals surface area (Å²) < 4.78 is 34.5. The van der Waals surface area contributed by atoms with E-state index in [2.05, 4.69) is 9.82 Å². The SMILES string of the molecule is CCn1nc(-c2cccc(C(C)(C)NS(=O)(=O)CC)c2)cc1Oc1ccc(C(=O)O)cc1. The average molecular weight is 458 g/mol. The predicted octanol–water partition coefficient (Wildman–Crippen LogP) is 4.23. The van der Waals surface area contributed by atoms with Crippen LogP contribution in [0.15, 0.2) is 54.6 Å². The van der Waals surface area contributed by atoms with Gasteiger partial charge in [-0.25, -0.2) is 22.6 Å². The number of carbonyl (C=O) groups is 1. The maximum Gasteiger partial charge on any atom is 0.335 e. The standard InChI is InChI=1S/C23H27N3O5S/c1-5-26-21(31-19-12-10-16(11-13-19)22(27)28)15-20(24-26)17-8-7-9-18(14-17)23(3,4)25-32(29,30)6-2/h7-15,25H,5-6H2,1-4H3,(H,27,28). The monoisotopic (exact) mass is 457 g/mol. The van der Waals surface area contributed by atoms with E-state index in [4.69, 9.17) is 9.84 Å². The van der Waals surface area contributed by atoms with Gasteiger partial charge in [-0.05, 0) is 63.6 Å². The molecule has 3 rings (SSSR count). The van der Waals surface area contributed by atoms with Gasteiger partial charge < -0.3 is 9.84 Å². The highest BCUT2D eigenvalue weighted by molar-refractivity contribution is 7.89. The lowest BCUT2D eigenvalue weighted by Crippen LogP contribution is -2.41. The number of nitrogens with one attached hydrogen (secondary N) is 1. The predicted molar refractivity (Wildman–Crippen MR) is 122 cm³/mol. The topological polar surface area (TPSA) is 111 Å². The molecule has 2 N–H and O–H groups in total. The first-order chi connectivity index (χ1) is 15.0. The summed E-state index contributed by atoms with van der Waals surface area (Å²) >= 11 is 0. The Hall–Kier alpha value is -3.17. The second-order valence-corrected chi connectivity index (χ2v) is 9.84. The maximum atomic E-state index is 12.1. The summed E-state index contributed by atoms with van der Waals surface area (Å²) in [4.78, 5) is 11.0. The third kappa shape index (κ3) is 5.35. The van der Waals surface area contributed by atoms with Crippen LogP contribution in [-0.4, -0.2) is 35.0 Å². The van der Waals surface area contributed by atoms with E-state index in [1.165, 1.54) is 12.1 Å². The lowest BCUT2D eigenvalue weighted by molar-refractivity contribution is 0.0697. The number of benzene rings is 2. The summed E-state index contributed by atoms with van der Waals surface area (Å²) in [6, 6.07) is 15.5. The van der Waals surface area contributed by atoms with Gasteiger partial charge in [-0.2, -0.15) is 5.10 Å². The number of aromatic nitrogens is 2. The number of ether oxygens (including phenoxy) is 1. The van der Waals surface area contributed by atoms with Crippen molar-refractivity contribution in [1.29, 1.82) is 0 Å². The number of nitrogens with zero attached hydrogens (tertiary/aromatic N) is 2. The van der Waals surface area contributed by atoms with Crippen LogP contribution in [0.3, 0.4) is 0 Å². The Morgan fingerprint density at radius 3 is 2.41 bits per heavy atom. The van der Waals surface area contributed by atoms with E-state index in [9.17, 15) is 13.2 Å². The Balaban J connectivity index is 1.90. The van der Waals surface area contributed by atoms with Crippen LogP contribution in [0.4, 0.5) is 0 Å². The van der Waals surface area contributed by atoms with E-state index >= 15 is 0 Å². The van der Waals surface area contributed by atoms with Crippen LogP contribution in [0.1, 0.15) is 43.6 Å². The summed E-state index contributed by atoms with van der Waals surface area (Å²) in [6.07, 6.45) is 0. The van der Waals surface area contributed by atoms with Gasteiger partial charge in [0.25, 0.3) is 0 Å². The van der Waals surface area contributed by atoms with Crippen LogP contribution in [0.5, 0.6) is 11.6 Å². The van der Waals surface area contributed by atoms with Crippen molar-refractivity contribution in [2.75, 3.05) is 5.75 Å². The quantitative estimate of drug-likeness (QED) is 0.497. The molecule has 1 aromatic heterocycles. The van der Waals surface area contributed by atoms with E-state index in [0.29, 0.717) is 23.9 Å². The summed E-state index contributed by atoms with van der Waals surface area (Å²) in [5, 5.41) is 13.7. The van der Waals surface area contributed by atoms with Crippen molar-refractivity contribution < 1.29 is 23.1 Å². The molecule has 1 heterocycles. The van der Waals surface area contributed by atoms with Crippen LogP contribution in [0.2, 0.25) is 0 Å². The van der Waals surface area contributed by atoms with Crippen LogP contribution >= 0.6 is 0 Å². The van der Waals surface area contributed by atoms with Gasteiger partial charge >= 0.3 is 5.97 Å². The van der Waals surface area contributed by atoms with E-state index in [1.54, 1.807) is 29.8 Å². The van der Waals surface area contributed by atoms with Gasteiger partial charge in [0.1, 0.15) is 5.75 Å². The smallest absolute Gasteiger partial charge is 0.335 e. The third-order valence-electron chi connectivity index (χ3n) is 5.04. The second-order valence-electron chi connectivity index (χ2n) is 7.83. The first kappa shape index (κ1) is 23.5. The Labute approximate surface area is 187 Å². The molecule has 0 radical (unpaired) electrons. The minimum atomic E-state index is -3.38. The van der Waals surface area contributed by atoms with Gasteiger partial charge in [0.05, 0.1) is 22.5 Å². The first-order valence-electron chi connectivity index (χ1n) is 10.3. The molecule has 0 saturated carbocycles. The molecule has 8 nitrogen and oxygen atoms in total. The van der Waals surface area contributed by atoms with Crippen LogP contribution < -0.4 is 9.46 Å². The third-order valence-corrected chi connectivity index (χ3v) is 6.62. The van der Waals surface area contributed by atoms with Crippen LogP contribution in [-0.2, 0) is 22.1 Å². The first-order valence-corrected chi connectivity index (χ1v) is 11.9. The zero-order valence-corrected chi connectivity index (χ0v) is 19.3. The summed E-state index contributed by atoms with van der Waals surface area (Å²) in [5.74, 6) is 0.0222. The highest BCUT2D eigenvalue weighted by Gasteiger charge is 2.26. The highest BCUT2D eigenvalue weighted by Crippen LogP contribution is 2.30. The van der Waals surface area contributed by atoms with Crippen molar-refractivity contribution in [3.05, 3.63) is 65.7 Å². The molecular formula is C23H27N3O5S. The lowest BCUT2D eigenvalue weighted by atomic mass is 9.93. The molecule has 0 unspecified atom stereocenters. The van der Waals surface area contributed by atoms with E-state index in [0.717, 1.165) is 11.1 Å². The molecule has 32 heavy (non-hydrogen) atoms. The van der Waals surface area contributed by atoms with E-state index in [1.807, 2.05) is 45.0 Å². The van der Waals surface area contributed by atoms with Crippen LogP contribution in [0.25, 0.3) is 11.3 Å². The summed E-state index contributed by atoms with van der Waals surface area (Å²) in [7, 11) is -3.38. The number of carboxylic acids is 1. The lowest BCUT2D eigenvalue weighted by Gasteiger charge is -2.26. The van der Waals surface area contributed by atoms with Crippen molar-refractivity contribution in [3.8, 4) is 22.9 Å². The second kappa shape index (κ2) is 9.13. The molecule has 2 aromatic carbocycles. The molecule has 0 aliphatic rings. The zero-order chi connectivity index (χ0) is 23.5. The number of hydrogen-bond donors (Lipinski definition) is 2. The molecule has 3 aromatic rings. The Kier molecular flexibility index (Phi) is 6.71. The summed E-state index contributed by atoms with van der Waals surface area (Å²) in [6.45, 7) is 7.75. The van der Waals surface area contributed by atoms with Gasteiger partial charge in [0.2, 0.25) is 15.9 Å². The normalized spacial score (nSPS) is 12.0. The summed E-state index contributed by atoms with van der Waals surface area (Å²) in [5.41, 5.74) is 1.71. The average Bonchev–Trinajstić information content (AvgIpc) is 3.16. The number of rotatable bonds is 9. The fourth-order valence-corrected chi connectivity index (χ4v) is 4.26. The number of aryl methyl sites for hydroxylation is 1. The molecular weight excluding hydrogens is 430 g/mol. The van der Waals surface area contributed by atoms with Crippen molar-refractivity contribution in [1.82, 2.24) is 14.5 Å². The van der Waals surface area contributed by atoms with E-state index < -0.39 is 21.5 Å². The van der Waals surface area contributed by atoms with Gasteiger partial charge in [-0.3, -0.25) is 0 Å². The number of aromatic carboxylic acids is 1. The van der Waals surface area contributed by atoms with E-state index in [-0.39, 0.29) is 11.3 Å². The molecule has 0 aliphatic heterocycles. The molecule has 0 fully saturated rings. The molecule has 0 bridgehead atoms. The van der Waals surface area contributed by atoms with Gasteiger partial charge in [0.15, 0.2) is 0 Å². The number of carboxylic acid groups (broad SMARTS) is 1. The minimum absolute atomic E-state index is 0.00513. The van der Waals surface area contributed by atoms with Crippen LogP contribution in [0, 0.1) is 0 Å². The fourth-order valence-electron chi connectivity index (χ4n) is 3.22. The van der Waals surface area contributed by atoms with Gasteiger partial charge in [0, 0.05) is 18.2 Å².